The van der Waals surface area contributed by atoms with Crippen LogP contribution in [-0.2, 0) is 11.4 Å². The average molecular weight is 417 g/mol. The lowest BCUT2D eigenvalue weighted by molar-refractivity contribution is -0.117. The molecule has 1 aliphatic heterocycles. The first-order valence-corrected chi connectivity index (χ1v) is 9.46. The molecule has 0 saturated heterocycles. The van der Waals surface area contributed by atoms with Gasteiger partial charge in [0, 0.05) is 5.56 Å². The zero-order valence-electron chi connectivity index (χ0n) is 15.6. The van der Waals surface area contributed by atoms with Crippen LogP contribution in [0.3, 0.4) is 0 Å². The maximum absolute atomic E-state index is 13.9. The summed E-state index contributed by atoms with van der Waals surface area (Å²) in [5.41, 5.74) is 1.14. The number of ether oxygens (including phenoxy) is 2. The molecule has 0 radical (unpaired) electrons. The van der Waals surface area contributed by atoms with Crippen molar-refractivity contribution in [2.75, 3.05) is 11.9 Å². The third-order valence-electron chi connectivity index (χ3n) is 4.54. The van der Waals surface area contributed by atoms with Crippen molar-refractivity contribution < 1.29 is 18.7 Å². The molecule has 1 N–H and O–H groups in total. The molecule has 1 amide bonds. The molecule has 4 rings (SSSR count). The van der Waals surface area contributed by atoms with Gasteiger partial charge in [-0.2, -0.15) is 10.1 Å². The summed E-state index contributed by atoms with van der Waals surface area (Å²) in [6, 6.07) is 9.46. The lowest BCUT2D eigenvalue weighted by atomic mass is 10.0. The molecule has 1 aliphatic rings. The summed E-state index contributed by atoms with van der Waals surface area (Å²) in [6.07, 6.45) is 1.57. The third kappa shape index (κ3) is 3.88. The van der Waals surface area contributed by atoms with Crippen molar-refractivity contribution >= 4 is 23.5 Å². The van der Waals surface area contributed by atoms with E-state index in [9.17, 15) is 9.18 Å². The van der Waals surface area contributed by atoms with Gasteiger partial charge >= 0.3 is 0 Å². The second kappa shape index (κ2) is 8.08. The molecule has 0 unspecified atom stereocenters. The van der Waals surface area contributed by atoms with Crippen LogP contribution in [-0.4, -0.2) is 27.3 Å². The van der Waals surface area contributed by atoms with Crippen molar-refractivity contribution in [3.63, 3.8) is 0 Å². The van der Waals surface area contributed by atoms with Gasteiger partial charge in [0.2, 0.25) is 11.9 Å². The van der Waals surface area contributed by atoms with Gasteiger partial charge in [-0.05, 0) is 30.7 Å². The standard InChI is InChI=1S/C20H18ClFN4O3/c1-2-28-17-8-13(16-9-18(27)25-20-23-11-24-26(16)20)7-14(21)19(17)29-10-12-5-3-4-6-15(12)22/h3-8,11,16H,2,9-10H2,1H3,(H,23,24,25,27)/t16-/m1/s1. The molecule has 9 heteroatoms. The summed E-state index contributed by atoms with van der Waals surface area (Å²) in [6.45, 7) is 2.23. The molecule has 2 heterocycles. The van der Waals surface area contributed by atoms with Crippen molar-refractivity contribution in [1.29, 1.82) is 0 Å². The number of amides is 1. The summed E-state index contributed by atoms with van der Waals surface area (Å²) in [5, 5.41) is 7.17. The van der Waals surface area contributed by atoms with Gasteiger partial charge in [0.05, 0.1) is 24.1 Å². The summed E-state index contributed by atoms with van der Waals surface area (Å²) in [7, 11) is 0. The van der Waals surface area contributed by atoms with Gasteiger partial charge in [0.25, 0.3) is 0 Å². The Labute approximate surface area is 171 Å². The van der Waals surface area contributed by atoms with Gasteiger partial charge in [-0.15, -0.1) is 0 Å². The van der Waals surface area contributed by atoms with Crippen LogP contribution in [0.25, 0.3) is 0 Å². The molecule has 0 aliphatic carbocycles. The van der Waals surface area contributed by atoms with E-state index in [4.69, 9.17) is 21.1 Å². The number of halogens is 2. The minimum absolute atomic E-state index is 0.00483. The molecule has 0 saturated carbocycles. The lowest BCUT2D eigenvalue weighted by Crippen LogP contribution is -2.29. The van der Waals surface area contributed by atoms with Crippen LogP contribution in [0.15, 0.2) is 42.7 Å². The van der Waals surface area contributed by atoms with Crippen LogP contribution in [0.2, 0.25) is 5.02 Å². The second-order valence-electron chi connectivity index (χ2n) is 6.44. The molecule has 7 nitrogen and oxygen atoms in total. The van der Waals surface area contributed by atoms with Crippen LogP contribution in [0.4, 0.5) is 10.3 Å². The monoisotopic (exact) mass is 416 g/mol. The van der Waals surface area contributed by atoms with E-state index < -0.39 is 0 Å². The van der Waals surface area contributed by atoms with Gasteiger partial charge < -0.3 is 9.47 Å². The van der Waals surface area contributed by atoms with E-state index in [1.54, 1.807) is 35.0 Å². The lowest BCUT2D eigenvalue weighted by Gasteiger charge is -2.25. The topological polar surface area (TPSA) is 78.3 Å². The Bertz CT molecular complexity index is 1060. The number of aromatic nitrogens is 3. The quantitative estimate of drug-likeness (QED) is 0.657. The fourth-order valence-electron chi connectivity index (χ4n) is 3.21. The van der Waals surface area contributed by atoms with Gasteiger partial charge in [-0.25, -0.2) is 9.07 Å². The minimum atomic E-state index is -0.376. The fraction of sp³-hybridized carbons (Fsp3) is 0.250. The highest BCUT2D eigenvalue weighted by molar-refractivity contribution is 6.32. The molecule has 0 spiro atoms. The number of benzene rings is 2. The highest BCUT2D eigenvalue weighted by atomic mass is 35.5. The summed E-state index contributed by atoms with van der Waals surface area (Å²) >= 11 is 6.49. The van der Waals surface area contributed by atoms with Crippen molar-refractivity contribution in [2.24, 2.45) is 0 Å². The fourth-order valence-corrected chi connectivity index (χ4v) is 3.49. The number of carbonyl (C=O) groups is 1. The van der Waals surface area contributed by atoms with Crippen LogP contribution < -0.4 is 14.8 Å². The van der Waals surface area contributed by atoms with Crippen LogP contribution >= 0.6 is 11.6 Å². The van der Waals surface area contributed by atoms with Gasteiger partial charge in [0.15, 0.2) is 11.5 Å². The van der Waals surface area contributed by atoms with Gasteiger partial charge in [0.1, 0.15) is 18.8 Å². The third-order valence-corrected chi connectivity index (χ3v) is 4.83. The molecular formula is C20H18ClFN4O3. The molecule has 29 heavy (non-hydrogen) atoms. The predicted octanol–water partition coefficient (Wildman–Crippen LogP) is 3.98. The zero-order valence-corrected chi connectivity index (χ0v) is 16.3. The zero-order chi connectivity index (χ0) is 20.4. The Morgan fingerprint density at radius 1 is 1.31 bits per heavy atom. The molecule has 1 atom stereocenters. The van der Waals surface area contributed by atoms with Crippen molar-refractivity contribution in [2.45, 2.75) is 26.0 Å². The highest BCUT2D eigenvalue weighted by Crippen LogP contribution is 2.41. The Kier molecular flexibility index (Phi) is 5.35. The predicted molar refractivity (Wildman–Crippen MR) is 105 cm³/mol. The SMILES string of the molecule is CCOc1cc([C@H]2CC(=O)Nc3ncnn32)cc(Cl)c1OCc1ccccc1F. The average Bonchev–Trinajstić information content (AvgIpc) is 3.16. The number of hydrogen-bond donors (Lipinski definition) is 1. The summed E-state index contributed by atoms with van der Waals surface area (Å²) in [5.74, 6) is 0.591. The normalized spacial score (nSPS) is 15.6. The van der Waals surface area contributed by atoms with Crippen LogP contribution in [0, 0.1) is 5.82 Å². The van der Waals surface area contributed by atoms with E-state index in [1.807, 2.05) is 6.92 Å². The van der Waals surface area contributed by atoms with E-state index in [0.717, 1.165) is 5.56 Å². The Morgan fingerprint density at radius 2 is 2.14 bits per heavy atom. The van der Waals surface area contributed by atoms with Crippen LogP contribution in [0.1, 0.15) is 30.5 Å². The van der Waals surface area contributed by atoms with E-state index in [0.29, 0.717) is 34.6 Å². The first-order chi connectivity index (χ1) is 14.1. The van der Waals surface area contributed by atoms with E-state index in [-0.39, 0.29) is 30.8 Å². The van der Waals surface area contributed by atoms with E-state index >= 15 is 0 Å². The number of anilines is 1. The van der Waals surface area contributed by atoms with E-state index in [1.165, 1.54) is 12.4 Å². The molecule has 2 aromatic carbocycles. The molecule has 150 valence electrons. The Hall–Kier alpha value is -3.13. The smallest absolute Gasteiger partial charge is 0.229 e. The number of nitrogens with zero attached hydrogens (tertiary/aromatic N) is 3. The number of nitrogens with one attached hydrogen (secondary N) is 1. The summed E-state index contributed by atoms with van der Waals surface area (Å²) in [4.78, 5) is 16.1. The van der Waals surface area contributed by atoms with Crippen molar-refractivity contribution in [3.8, 4) is 11.5 Å². The summed E-state index contributed by atoms with van der Waals surface area (Å²) < 4.78 is 27.0. The number of hydrogen-bond acceptors (Lipinski definition) is 5. The molecule has 3 aromatic rings. The minimum Gasteiger partial charge on any atom is -0.490 e. The van der Waals surface area contributed by atoms with Crippen LogP contribution in [0.5, 0.6) is 11.5 Å². The highest BCUT2D eigenvalue weighted by Gasteiger charge is 2.29. The Morgan fingerprint density at radius 3 is 2.93 bits per heavy atom. The number of fused-ring (bicyclic) bond motifs is 1. The molecular weight excluding hydrogens is 399 g/mol. The maximum atomic E-state index is 13.9. The van der Waals surface area contributed by atoms with E-state index in [2.05, 4.69) is 15.4 Å². The first-order valence-electron chi connectivity index (χ1n) is 9.08. The largest absolute Gasteiger partial charge is 0.490 e. The molecule has 0 fully saturated rings. The molecule has 0 bridgehead atoms. The Balaban J connectivity index is 1.67. The van der Waals surface area contributed by atoms with Gasteiger partial charge in [-0.1, -0.05) is 29.8 Å². The molecule has 1 aromatic heterocycles. The van der Waals surface area contributed by atoms with Crippen molar-refractivity contribution in [1.82, 2.24) is 14.8 Å². The maximum Gasteiger partial charge on any atom is 0.229 e. The number of carbonyl (C=O) groups excluding carboxylic acids is 1. The van der Waals surface area contributed by atoms with Gasteiger partial charge in [-0.3, -0.25) is 10.1 Å². The second-order valence-corrected chi connectivity index (χ2v) is 6.85. The van der Waals surface area contributed by atoms with Crippen molar-refractivity contribution in [3.05, 3.63) is 64.7 Å². The first kappa shape index (κ1) is 19.2. The number of rotatable bonds is 6.